The molecule has 0 aromatic carbocycles. The fourth-order valence-corrected chi connectivity index (χ4v) is 0.905. The molecule has 1 N–H and O–H groups in total. The second kappa shape index (κ2) is 2.49. The maximum Gasteiger partial charge on any atom is 0.0540 e. The fraction of sp³-hybridized carbons (Fsp3) is 1.00. The molecule has 1 heteroatoms. The normalized spacial score (nSPS) is 23.2. The van der Waals surface area contributed by atoms with Crippen LogP contribution in [0.5, 0.6) is 0 Å². The monoisotopic (exact) mass is 114 g/mol. The van der Waals surface area contributed by atoms with Crippen LogP contribution in [0.1, 0.15) is 32.6 Å². The van der Waals surface area contributed by atoms with Crippen LogP contribution >= 0.6 is 0 Å². The molecule has 0 unspecified atom stereocenters. The molecule has 0 radical (unpaired) electrons. The third kappa shape index (κ3) is 1.83. The smallest absolute Gasteiger partial charge is 0.0540 e. The van der Waals surface area contributed by atoms with Crippen LogP contribution in [-0.2, 0) is 0 Å². The molecule has 48 valence electrons. The van der Waals surface area contributed by atoms with Crippen molar-refractivity contribution in [2.45, 2.75) is 38.7 Å². The Kier molecular flexibility index (Phi) is 1.90. The summed E-state index contributed by atoms with van der Waals surface area (Å²) in [7, 11) is 0. The van der Waals surface area contributed by atoms with Crippen LogP contribution in [0.4, 0.5) is 0 Å². The van der Waals surface area contributed by atoms with E-state index in [0.717, 1.165) is 18.8 Å². The van der Waals surface area contributed by atoms with Crippen molar-refractivity contribution >= 4 is 0 Å². The molecular weight excluding hydrogens is 100 g/mol. The largest absolute Gasteiger partial charge is 0.393 e. The van der Waals surface area contributed by atoms with Crippen molar-refractivity contribution in [3.05, 3.63) is 0 Å². The second-order valence-electron chi connectivity index (χ2n) is 2.74. The maximum atomic E-state index is 9.07. The van der Waals surface area contributed by atoms with Gasteiger partial charge in [-0.1, -0.05) is 19.8 Å². The number of rotatable bonds is 3. The van der Waals surface area contributed by atoms with E-state index in [2.05, 4.69) is 0 Å². The van der Waals surface area contributed by atoms with Gasteiger partial charge in [0.2, 0.25) is 0 Å². The van der Waals surface area contributed by atoms with Gasteiger partial charge in [-0.05, 0) is 18.8 Å². The first-order valence-corrected chi connectivity index (χ1v) is 3.51. The van der Waals surface area contributed by atoms with Gasteiger partial charge in [-0.15, -0.1) is 0 Å². The highest BCUT2D eigenvalue weighted by molar-refractivity contribution is 4.75. The Balaban J connectivity index is 1.98. The Bertz CT molecular complexity index is 66.8. The number of hydrogen-bond donors (Lipinski definition) is 1. The van der Waals surface area contributed by atoms with E-state index in [0.29, 0.717) is 0 Å². The fourth-order valence-electron chi connectivity index (χ4n) is 0.905. The van der Waals surface area contributed by atoms with Crippen molar-refractivity contribution in [1.29, 1.82) is 0 Å². The van der Waals surface area contributed by atoms with Crippen LogP contribution in [0.3, 0.4) is 0 Å². The van der Waals surface area contributed by atoms with Gasteiger partial charge in [-0.3, -0.25) is 0 Å². The molecule has 0 saturated heterocycles. The van der Waals surface area contributed by atoms with Gasteiger partial charge < -0.3 is 5.11 Å². The minimum absolute atomic E-state index is 0.0116. The second-order valence-corrected chi connectivity index (χ2v) is 2.74. The van der Waals surface area contributed by atoms with Crippen molar-refractivity contribution in [2.75, 3.05) is 0 Å². The van der Waals surface area contributed by atoms with Crippen LogP contribution in [0, 0.1) is 5.92 Å². The minimum atomic E-state index is -0.0116. The van der Waals surface area contributed by atoms with Gasteiger partial charge in [0.25, 0.3) is 0 Å². The molecule has 0 bridgehead atoms. The van der Waals surface area contributed by atoms with Crippen LogP contribution in [0.25, 0.3) is 0 Å². The zero-order valence-electron chi connectivity index (χ0n) is 5.43. The molecule has 0 amide bonds. The van der Waals surface area contributed by atoms with E-state index in [1.54, 1.807) is 0 Å². The molecule has 1 fully saturated rings. The zero-order valence-corrected chi connectivity index (χ0v) is 5.43. The average Bonchev–Trinajstić information content (AvgIpc) is 2.50. The summed E-state index contributed by atoms with van der Waals surface area (Å²) in [5.41, 5.74) is 0. The first-order valence-electron chi connectivity index (χ1n) is 3.51. The van der Waals surface area contributed by atoms with Crippen LogP contribution in [-0.4, -0.2) is 11.2 Å². The van der Waals surface area contributed by atoms with Crippen LogP contribution < -0.4 is 0 Å². The lowest BCUT2D eigenvalue weighted by Gasteiger charge is -2.03. The molecule has 1 atom stereocenters. The van der Waals surface area contributed by atoms with Gasteiger partial charge >= 0.3 is 0 Å². The number of aliphatic hydroxyl groups is 1. The maximum absolute atomic E-state index is 9.07. The van der Waals surface area contributed by atoms with E-state index >= 15 is 0 Å². The summed E-state index contributed by atoms with van der Waals surface area (Å²) in [5, 5.41) is 9.07. The van der Waals surface area contributed by atoms with Gasteiger partial charge in [0.05, 0.1) is 6.10 Å². The minimum Gasteiger partial charge on any atom is -0.393 e. The molecule has 1 saturated carbocycles. The van der Waals surface area contributed by atoms with Crippen molar-refractivity contribution < 1.29 is 5.11 Å². The quantitative estimate of drug-likeness (QED) is 0.590. The highest BCUT2D eigenvalue weighted by Crippen LogP contribution is 2.33. The molecule has 0 aromatic heterocycles. The topological polar surface area (TPSA) is 20.2 Å². The summed E-state index contributed by atoms with van der Waals surface area (Å²) < 4.78 is 0. The standard InChI is InChI=1S/C7H14O/c1-2-7(8)5-6-3-4-6/h6-8H,2-5H2,1H3/t7-/m1/s1. The molecule has 1 nitrogen and oxygen atoms in total. The van der Waals surface area contributed by atoms with Gasteiger partial charge in [0.15, 0.2) is 0 Å². The SMILES string of the molecule is CC[C@@H](O)CC1CC1. The highest BCUT2D eigenvalue weighted by Gasteiger charge is 2.23. The van der Waals surface area contributed by atoms with Gasteiger partial charge in [-0.25, -0.2) is 0 Å². The van der Waals surface area contributed by atoms with E-state index in [-0.39, 0.29) is 6.10 Å². The summed E-state index contributed by atoms with van der Waals surface area (Å²) in [6, 6.07) is 0. The molecule has 0 spiro atoms. The molecule has 1 rings (SSSR count). The van der Waals surface area contributed by atoms with E-state index in [1.165, 1.54) is 12.8 Å². The Morgan fingerprint density at radius 3 is 2.62 bits per heavy atom. The lowest BCUT2D eigenvalue weighted by Crippen LogP contribution is -2.04. The summed E-state index contributed by atoms with van der Waals surface area (Å²) >= 11 is 0. The Morgan fingerprint density at radius 1 is 1.62 bits per heavy atom. The van der Waals surface area contributed by atoms with E-state index in [1.807, 2.05) is 6.92 Å². The van der Waals surface area contributed by atoms with Gasteiger partial charge in [0.1, 0.15) is 0 Å². The third-order valence-electron chi connectivity index (χ3n) is 1.77. The Labute approximate surface area is 50.7 Å². The molecule has 0 aromatic rings. The van der Waals surface area contributed by atoms with Crippen LogP contribution in [0.15, 0.2) is 0 Å². The summed E-state index contributed by atoms with van der Waals surface area (Å²) in [6.07, 6.45) is 4.68. The molecule has 0 heterocycles. The predicted molar refractivity (Wildman–Crippen MR) is 33.6 cm³/mol. The van der Waals surface area contributed by atoms with Crippen molar-refractivity contribution in [3.8, 4) is 0 Å². The van der Waals surface area contributed by atoms with E-state index < -0.39 is 0 Å². The lowest BCUT2D eigenvalue weighted by atomic mass is 10.1. The molecule has 1 aliphatic carbocycles. The van der Waals surface area contributed by atoms with Crippen molar-refractivity contribution in [2.24, 2.45) is 5.92 Å². The lowest BCUT2D eigenvalue weighted by molar-refractivity contribution is 0.153. The predicted octanol–water partition coefficient (Wildman–Crippen LogP) is 1.56. The number of hydrogen-bond acceptors (Lipinski definition) is 1. The first kappa shape index (κ1) is 6.09. The van der Waals surface area contributed by atoms with Crippen molar-refractivity contribution in [3.63, 3.8) is 0 Å². The summed E-state index contributed by atoms with van der Waals surface area (Å²) in [4.78, 5) is 0. The van der Waals surface area contributed by atoms with E-state index in [4.69, 9.17) is 5.11 Å². The number of aliphatic hydroxyl groups excluding tert-OH is 1. The summed E-state index contributed by atoms with van der Waals surface area (Å²) in [6.45, 7) is 2.03. The zero-order chi connectivity index (χ0) is 5.98. The molecule has 1 aliphatic rings. The van der Waals surface area contributed by atoms with Gasteiger partial charge in [0, 0.05) is 0 Å². The Hall–Kier alpha value is -0.0400. The van der Waals surface area contributed by atoms with Crippen LogP contribution in [0.2, 0.25) is 0 Å². The Morgan fingerprint density at radius 2 is 2.25 bits per heavy atom. The molecule has 0 aliphatic heterocycles. The van der Waals surface area contributed by atoms with Crippen molar-refractivity contribution in [1.82, 2.24) is 0 Å². The van der Waals surface area contributed by atoms with E-state index in [9.17, 15) is 0 Å². The molecule has 8 heavy (non-hydrogen) atoms. The summed E-state index contributed by atoms with van der Waals surface area (Å²) in [5.74, 6) is 0.880. The highest BCUT2D eigenvalue weighted by atomic mass is 16.3. The third-order valence-corrected chi connectivity index (χ3v) is 1.77. The average molecular weight is 114 g/mol. The first-order chi connectivity index (χ1) is 3.83. The molecular formula is C7H14O. The van der Waals surface area contributed by atoms with Gasteiger partial charge in [-0.2, -0.15) is 0 Å².